The van der Waals surface area contributed by atoms with E-state index in [4.69, 9.17) is 24.3 Å². The highest BCUT2D eigenvalue weighted by atomic mass is 127. The van der Waals surface area contributed by atoms with Crippen LogP contribution in [0.25, 0.3) is 22.5 Å². The molecule has 724 valence electrons. The molecule has 9 heterocycles. The summed E-state index contributed by atoms with van der Waals surface area (Å²) in [4.78, 5) is 33.2. The van der Waals surface area contributed by atoms with Gasteiger partial charge in [-0.05, 0) is 260 Å². The first-order valence-corrected chi connectivity index (χ1v) is 50.8. The van der Waals surface area contributed by atoms with Gasteiger partial charge in [0.05, 0.1) is 91.7 Å². The summed E-state index contributed by atoms with van der Waals surface area (Å²) in [5.41, 5.74) is 6.12. The van der Waals surface area contributed by atoms with E-state index in [0.29, 0.717) is 78.8 Å². The molecule has 5 saturated carbocycles. The Labute approximate surface area is 820 Å². The van der Waals surface area contributed by atoms with E-state index in [1.165, 1.54) is 117 Å². The van der Waals surface area contributed by atoms with Crippen molar-refractivity contribution in [3.8, 4) is 34.0 Å². The molecule has 3 N–H and O–H groups in total. The molecule has 5 aliphatic carbocycles. The van der Waals surface area contributed by atoms with Gasteiger partial charge in [-0.2, -0.15) is 48.1 Å². The smallest absolute Gasteiger partial charge is 0.454 e. The Hall–Kier alpha value is -9.62. The van der Waals surface area contributed by atoms with Crippen molar-refractivity contribution >= 4 is 105 Å². The molecular weight excluding hydrogens is 2130 g/mol. The van der Waals surface area contributed by atoms with Gasteiger partial charge in [0, 0.05) is 173 Å². The molecule has 0 atom stereocenters. The zero-order chi connectivity index (χ0) is 97.9. The van der Waals surface area contributed by atoms with E-state index in [-0.39, 0.29) is 52.9 Å². The predicted molar refractivity (Wildman–Crippen MR) is 519 cm³/mol. The molecule has 6 fully saturated rings. The molecule has 136 heavy (non-hydrogen) atoms. The van der Waals surface area contributed by atoms with Crippen LogP contribution < -0.4 is 14.2 Å². The quantitative estimate of drug-likeness (QED) is 0.0207. The normalized spacial score (nSPS) is 15.2. The maximum atomic E-state index is 13.5. The number of rotatable bonds is 25. The van der Waals surface area contributed by atoms with Crippen molar-refractivity contribution in [3.05, 3.63) is 293 Å². The summed E-state index contributed by atoms with van der Waals surface area (Å²) in [6, 6.07) is 37.6. The van der Waals surface area contributed by atoms with Crippen molar-refractivity contribution in [3.63, 3.8) is 0 Å². The maximum absolute atomic E-state index is 13.5. The molecule has 0 bridgehead atoms. The minimum Gasteiger partial charge on any atom is -0.497 e. The SMILES string of the molecule is C1CCOC1.CNS(=O)(=O)c1ccc(Cc2ccc(C(F)(F)F)cn2)c(-c2cn(C3CC3)cn2)c1.COc1ccc(CN(C)S(=O)(=O)c2ccc(Cc3ccc(C(F)(F)F)cn3)c(-c3cn(C4CC4)cn3)c2)cc1.COc1ccc(CN(C)S(=O)(=O)c2ccc(Cc3ccc(C(F)(F)F)cn3)c(Br)c2)cc1.Cc1cn(C2CC2)cn1.IC1=CCC=N1.Ic1cn(C2CC2)cn1.OB(O)C1CC1. The lowest BCUT2D eigenvalue weighted by Gasteiger charge is -2.19. The van der Waals surface area contributed by atoms with Crippen LogP contribution in [0.3, 0.4) is 0 Å². The summed E-state index contributed by atoms with van der Waals surface area (Å²) in [6.45, 7) is 4.37. The minimum atomic E-state index is -4.47. The molecule has 5 aromatic carbocycles. The van der Waals surface area contributed by atoms with Crippen molar-refractivity contribution in [1.82, 2.24) is 66.5 Å². The van der Waals surface area contributed by atoms with E-state index in [1.54, 1.807) is 99.7 Å². The molecule has 19 rings (SSSR count). The van der Waals surface area contributed by atoms with Crippen LogP contribution in [0.15, 0.2) is 242 Å². The highest BCUT2D eigenvalue weighted by Gasteiger charge is 2.36. The van der Waals surface area contributed by atoms with Crippen molar-refractivity contribution in [2.24, 2.45) is 4.99 Å². The number of allylic oxidation sites excluding steroid dienone is 1. The number of ether oxygens (including phenoxy) is 3. The number of nitrogens with one attached hydrogen (secondary N) is 1. The number of aliphatic imine (C=N–C) groups is 1. The van der Waals surface area contributed by atoms with Crippen LogP contribution in [0.4, 0.5) is 39.5 Å². The van der Waals surface area contributed by atoms with Crippen LogP contribution in [0, 0.1) is 10.6 Å². The van der Waals surface area contributed by atoms with Crippen molar-refractivity contribution in [1.29, 1.82) is 0 Å². The van der Waals surface area contributed by atoms with Crippen LogP contribution in [0.5, 0.6) is 11.5 Å². The maximum Gasteiger partial charge on any atom is 0.454 e. The summed E-state index contributed by atoms with van der Waals surface area (Å²) in [7, 11) is -4.86. The third kappa shape index (κ3) is 31.4. The average Bonchev–Trinajstić information content (AvgIpc) is 1.69. The molecule has 12 aromatic rings. The number of methoxy groups -OCH3 is 2. The first-order valence-electron chi connectivity index (χ1n) is 43.5. The van der Waals surface area contributed by atoms with Gasteiger partial charge in [-0.25, -0.2) is 49.9 Å². The Balaban J connectivity index is 0.000000155. The zero-order valence-corrected chi connectivity index (χ0v) is 83.3. The van der Waals surface area contributed by atoms with Gasteiger partial charge in [0.2, 0.25) is 30.1 Å². The standard InChI is InChI=1S/C28H27F3N4O3S.C22H20BrF3N2O3S.C20H19F3N4O2S.C7H10N2.C6H7IN2.C4H4IN.C4H8O.C3H7BO2/c1-34(16-19-3-10-24(38-2)11-4-19)39(36,37)25-12-5-20(13-22-7-6-21(15-32-22)28(29,30)31)26(14-25)27-17-35(18-33-27)23-8-9-23;1-28(14-15-3-8-19(31-2)9-4-15)32(29,30)20-10-5-16(21(23)12-20)11-18-7-6-17(13-27-18)22(24,25)26;1-24-30(28,29)17-7-2-13(8-15-4-3-14(10-25-15)20(21,22)23)18(9-17)19-11-27(12-26-19)16-5-6-16;1-6-4-9(5-8-6)7-2-3-7;7-6-3-9(4-8-6)5-1-2-5;5-4-2-1-3-6-4;1-2-4-5-3-1;5-4(6)3-1-2-3/h3-7,10-12,14-15,17-18,23H,8-9,13,16H2,1-2H3;3-10,12-13H,11,14H2,1-2H3;2-4,7,9-12,16,24H,5-6,8H2,1H3;4-5,7H,2-3H2,1H3;3-5H,1-2H2;2-3H,1H2;1-4H2;3,5-6H,1-2H2. The highest BCUT2D eigenvalue weighted by Crippen LogP contribution is 2.42. The second-order valence-electron chi connectivity index (χ2n) is 33.0. The molecular formula is C94H102BBrF9I2N15O11S3. The zero-order valence-electron chi connectivity index (χ0n) is 75.0. The summed E-state index contributed by atoms with van der Waals surface area (Å²) in [5.74, 6) is 1.57. The Morgan fingerprint density at radius 1 is 0.493 bits per heavy atom. The molecule has 0 spiro atoms. The molecule has 7 aliphatic rings. The van der Waals surface area contributed by atoms with Gasteiger partial charge in [-0.1, -0.05) is 71.2 Å². The van der Waals surface area contributed by atoms with E-state index < -0.39 is 72.4 Å². The number of pyridine rings is 3. The van der Waals surface area contributed by atoms with Crippen LogP contribution >= 0.6 is 61.1 Å². The monoisotopic (exact) mass is 2230 g/mol. The number of benzene rings is 5. The molecule has 2 aliphatic heterocycles. The number of imidazole rings is 4. The number of nitrogens with zero attached hydrogens (tertiary/aromatic N) is 14. The first kappa shape index (κ1) is 105. The molecule has 26 nitrogen and oxygen atoms in total. The van der Waals surface area contributed by atoms with E-state index >= 15 is 0 Å². The Bertz CT molecular complexity index is 6320. The Morgan fingerprint density at radius 2 is 0.875 bits per heavy atom. The lowest BCUT2D eigenvalue weighted by atomic mass is 9.84. The van der Waals surface area contributed by atoms with Gasteiger partial charge in [0.15, 0.2) is 0 Å². The van der Waals surface area contributed by atoms with Crippen molar-refractivity contribution in [2.75, 3.05) is 48.6 Å². The molecule has 0 amide bonds. The molecule has 0 unspecified atom stereocenters. The number of alkyl halides is 9. The van der Waals surface area contributed by atoms with Crippen LogP contribution in [0.2, 0.25) is 5.82 Å². The molecule has 0 radical (unpaired) electrons. The largest absolute Gasteiger partial charge is 0.497 e. The van der Waals surface area contributed by atoms with Gasteiger partial charge in [-0.15, -0.1) is 0 Å². The van der Waals surface area contributed by atoms with Crippen LogP contribution in [-0.2, 0) is 85.7 Å². The average molecular weight is 2230 g/mol. The minimum absolute atomic E-state index is 0.0881. The summed E-state index contributed by atoms with van der Waals surface area (Å²) >= 11 is 7.80. The fourth-order valence-corrected chi connectivity index (χ4v) is 18.3. The third-order valence-corrected chi connectivity index (χ3v) is 29.3. The second-order valence-corrected chi connectivity index (χ2v) is 42.1. The summed E-state index contributed by atoms with van der Waals surface area (Å²) in [6.07, 6.45) is 24.2. The molecule has 7 aromatic heterocycles. The number of aryl methyl sites for hydroxylation is 1. The summed E-state index contributed by atoms with van der Waals surface area (Å²) < 4.78 is 224. The first-order chi connectivity index (χ1) is 64.6. The number of hydrogen-bond donors (Lipinski definition) is 3. The van der Waals surface area contributed by atoms with E-state index in [1.807, 2.05) is 47.3 Å². The van der Waals surface area contributed by atoms with Gasteiger partial charge >= 0.3 is 25.6 Å². The van der Waals surface area contributed by atoms with E-state index in [2.05, 4.69) is 133 Å². The van der Waals surface area contributed by atoms with Gasteiger partial charge in [-0.3, -0.25) is 19.9 Å². The Kier molecular flexibility index (Phi) is 36.7. The number of hydrogen-bond acceptors (Lipinski definition) is 19. The van der Waals surface area contributed by atoms with Gasteiger partial charge in [0.25, 0.3) is 0 Å². The van der Waals surface area contributed by atoms with Crippen molar-refractivity contribution < 1.29 is 89.0 Å². The topological polar surface area (TPSA) is 311 Å². The lowest BCUT2D eigenvalue weighted by molar-refractivity contribution is -0.138. The van der Waals surface area contributed by atoms with Crippen LogP contribution in [0.1, 0.15) is 175 Å². The van der Waals surface area contributed by atoms with Gasteiger partial charge < -0.3 is 42.5 Å². The fraction of sp³-hybridized carbons (Fsp3) is 0.362. The number of sulfonamides is 3. The lowest BCUT2D eigenvalue weighted by Crippen LogP contribution is -2.26. The van der Waals surface area contributed by atoms with Crippen LogP contribution in [-0.4, -0.2) is 159 Å². The fourth-order valence-electron chi connectivity index (χ4n) is 13.6. The van der Waals surface area contributed by atoms with Gasteiger partial charge in [0.1, 0.15) is 15.2 Å². The van der Waals surface area contributed by atoms with Crippen molar-refractivity contribution in [2.45, 2.75) is 186 Å². The second kappa shape index (κ2) is 47.4. The van der Waals surface area contributed by atoms with E-state index in [9.17, 15) is 64.8 Å². The molecule has 1 saturated heterocycles. The number of aromatic nitrogens is 11. The predicted octanol–water partition coefficient (Wildman–Crippen LogP) is 20.3. The molecule has 42 heteroatoms. The number of halogens is 12. The van der Waals surface area contributed by atoms with E-state index in [0.717, 1.165) is 137 Å². The summed E-state index contributed by atoms with van der Waals surface area (Å²) in [5, 5.41) is 16.5. The highest BCUT2D eigenvalue weighted by molar-refractivity contribution is 14.1. The third-order valence-electron chi connectivity index (χ3n) is 22.3. The Morgan fingerprint density at radius 3 is 1.18 bits per heavy atom.